The monoisotopic (exact) mass is 904 g/mol. The van der Waals surface area contributed by atoms with Crippen molar-refractivity contribution in [2.24, 2.45) is 0 Å². The number of halogens is 1. The van der Waals surface area contributed by atoms with Crippen LogP contribution in [0.2, 0.25) is 0 Å². The van der Waals surface area contributed by atoms with E-state index in [0.717, 1.165) is 54.8 Å². The van der Waals surface area contributed by atoms with Crippen LogP contribution in [0.15, 0.2) is 68.5 Å². The molecular weight excluding hydrogens is 861 g/mol. The minimum atomic E-state index is -0.560. The summed E-state index contributed by atoms with van der Waals surface area (Å²) in [5.41, 5.74) is 0.380. The summed E-state index contributed by atoms with van der Waals surface area (Å²) >= 11 is 7.64. The second kappa shape index (κ2) is 19.0. The first kappa shape index (κ1) is 41.7. The van der Waals surface area contributed by atoms with Gasteiger partial charge in [-0.25, -0.2) is 37.9 Å². The van der Waals surface area contributed by atoms with E-state index in [9.17, 15) is 28.8 Å². The molecule has 0 radical (unpaired) electrons. The number of hydrogen-bond acceptors (Lipinski definition) is 14. The van der Waals surface area contributed by atoms with Gasteiger partial charge in [0.2, 0.25) is 0 Å². The fourth-order valence-electron chi connectivity index (χ4n) is 7.76. The molecule has 1 N–H and O–H groups in total. The fraction of sp³-hybridized carbons (Fsp3) is 0.583. The van der Waals surface area contributed by atoms with Crippen molar-refractivity contribution in [1.82, 2.24) is 47.7 Å². The maximum absolute atomic E-state index is 12.6. The van der Waals surface area contributed by atoms with Crippen molar-refractivity contribution in [3.05, 3.63) is 98.3 Å². The van der Waals surface area contributed by atoms with Crippen molar-refractivity contribution in [2.45, 2.75) is 118 Å². The Hall–Kier alpha value is -3.50. The SMILES string of the molecule is Cc1ccccc1COC1CC2CCC(C1)N2CCCn1c(=O)nc2n(c1=O)CCS2.O=c1nc2n(c(=O)[nH]1)CCS2.O=c1nc2n(c(=O)n1CCCBr)CCS2. The topological polar surface area (TPSA) is 194 Å². The fourth-order valence-corrected chi connectivity index (χ4v) is 10.8. The molecule has 2 unspecified atom stereocenters. The van der Waals surface area contributed by atoms with Gasteiger partial charge in [-0.15, -0.1) is 0 Å². The highest BCUT2D eigenvalue weighted by atomic mass is 79.9. The number of benzene rings is 1. The van der Waals surface area contributed by atoms with Crippen LogP contribution in [-0.4, -0.2) is 95.0 Å². The van der Waals surface area contributed by atoms with E-state index in [0.29, 0.717) is 73.0 Å². The first-order valence-corrected chi connectivity index (χ1v) is 23.2. The number of hydrogen-bond donors (Lipinski definition) is 1. The van der Waals surface area contributed by atoms with Crippen LogP contribution >= 0.6 is 51.2 Å². The molecule has 2 atom stereocenters. The normalized spacial score (nSPS) is 20.3. The first-order valence-electron chi connectivity index (χ1n) is 19.1. The maximum atomic E-state index is 12.6. The van der Waals surface area contributed by atoms with Crippen LogP contribution < -0.4 is 34.1 Å². The third-order valence-corrected chi connectivity index (χ3v) is 14.1. The molecule has 4 aromatic rings. The minimum Gasteiger partial charge on any atom is -0.373 e. The van der Waals surface area contributed by atoms with Crippen LogP contribution in [0, 0.1) is 6.92 Å². The quantitative estimate of drug-likeness (QED) is 0.226. The number of rotatable bonds is 10. The summed E-state index contributed by atoms with van der Waals surface area (Å²) in [5.74, 6) is 2.46. The lowest BCUT2D eigenvalue weighted by Crippen LogP contribution is -2.46. The van der Waals surface area contributed by atoms with Crippen LogP contribution in [0.3, 0.4) is 0 Å². The van der Waals surface area contributed by atoms with E-state index in [1.54, 1.807) is 9.13 Å². The number of aromatic amines is 1. The zero-order valence-corrected chi connectivity index (χ0v) is 35.6. The Labute approximate surface area is 347 Å². The Bertz CT molecular complexity index is 2430. The third kappa shape index (κ3) is 9.70. The average Bonchev–Trinajstić information content (AvgIpc) is 4.01. The van der Waals surface area contributed by atoms with Crippen LogP contribution in [0.25, 0.3) is 0 Å². The van der Waals surface area contributed by atoms with Crippen molar-refractivity contribution in [1.29, 1.82) is 0 Å². The Kier molecular flexibility index (Phi) is 13.9. The van der Waals surface area contributed by atoms with Gasteiger partial charge in [0.1, 0.15) is 0 Å². The standard InChI is InChI=1S/C23H30N4O3S.C8H10BrN3O2S.C5H5N3O2S/c1-16-5-2-3-6-17(16)15-30-20-13-18-7-8-19(14-20)25(18)9-4-10-26-21(28)24-22-27(23(26)29)11-12-31-22;9-2-1-3-11-6(13)10-7-12(8(11)14)4-5-15-7;9-3-6-4(10)8-1-2-11-5(8)7-3/h2-3,5-6,18-20H,4,7-15H2,1H3;1-5H2;1-2H2,(H,6,9,10). The number of alkyl halides is 1. The molecule has 8 heterocycles. The van der Waals surface area contributed by atoms with Crippen LogP contribution in [0.5, 0.6) is 0 Å². The highest BCUT2D eigenvalue weighted by Crippen LogP contribution is 2.37. The van der Waals surface area contributed by atoms with Crippen molar-refractivity contribution < 1.29 is 4.74 Å². The van der Waals surface area contributed by atoms with Gasteiger partial charge in [-0.3, -0.25) is 23.6 Å². The van der Waals surface area contributed by atoms with Crippen molar-refractivity contribution in [3.8, 4) is 0 Å². The minimum absolute atomic E-state index is 0.203. The summed E-state index contributed by atoms with van der Waals surface area (Å²) in [6.45, 7) is 6.56. The molecule has 9 rings (SSSR count). The molecule has 0 spiro atoms. The number of aryl methyl sites for hydroxylation is 1. The molecular formula is C36H45BrN10O7S3. The van der Waals surface area contributed by atoms with Crippen molar-refractivity contribution in [3.63, 3.8) is 0 Å². The number of piperidine rings is 1. The van der Waals surface area contributed by atoms with Crippen LogP contribution in [-0.2, 0) is 44.1 Å². The van der Waals surface area contributed by atoms with E-state index in [2.05, 4.69) is 72.0 Å². The lowest BCUT2D eigenvalue weighted by atomic mass is 9.99. The van der Waals surface area contributed by atoms with Gasteiger partial charge in [0, 0.05) is 73.9 Å². The van der Waals surface area contributed by atoms with Gasteiger partial charge in [-0.1, -0.05) is 75.5 Å². The number of nitrogens with zero attached hydrogens (tertiary/aromatic N) is 9. The van der Waals surface area contributed by atoms with Gasteiger partial charge < -0.3 is 4.74 Å². The van der Waals surface area contributed by atoms with E-state index in [-0.39, 0.29) is 17.1 Å². The van der Waals surface area contributed by atoms with Gasteiger partial charge in [0.25, 0.3) is 0 Å². The molecule has 1 aromatic carbocycles. The number of aromatic nitrogens is 9. The van der Waals surface area contributed by atoms with Crippen LogP contribution in [0.4, 0.5) is 0 Å². The summed E-state index contributed by atoms with van der Waals surface area (Å²) < 4.78 is 13.5. The van der Waals surface area contributed by atoms with E-state index in [1.165, 1.54) is 73.0 Å². The molecule has 17 nitrogen and oxygen atoms in total. The second-order valence-electron chi connectivity index (χ2n) is 14.2. The zero-order chi connectivity index (χ0) is 40.1. The maximum Gasteiger partial charge on any atom is 0.354 e. The zero-order valence-electron chi connectivity index (χ0n) is 31.5. The summed E-state index contributed by atoms with van der Waals surface area (Å²) in [5, 5.41) is 2.42. The summed E-state index contributed by atoms with van der Waals surface area (Å²) in [6, 6.07) is 9.52. The van der Waals surface area contributed by atoms with Crippen molar-refractivity contribution in [2.75, 3.05) is 29.1 Å². The van der Waals surface area contributed by atoms with Crippen LogP contribution in [0.1, 0.15) is 49.7 Å². The molecule has 2 bridgehead atoms. The molecule has 306 valence electrons. The number of fused-ring (bicyclic) bond motifs is 5. The number of thioether (sulfide) groups is 3. The molecule has 2 fully saturated rings. The summed E-state index contributed by atoms with van der Waals surface area (Å²) in [7, 11) is 0. The molecule has 0 amide bonds. The average molecular weight is 906 g/mol. The van der Waals surface area contributed by atoms with E-state index >= 15 is 0 Å². The van der Waals surface area contributed by atoms with Gasteiger partial charge in [-0.05, 0) is 56.6 Å². The Morgan fingerprint density at radius 2 is 1.28 bits per heavy atom. The third-order valence-electron chi connectivity index (χ3n) is 10.6. The lowest BCUT2D eigenvalue weighted by molar-refractivity contribution is -0.0287. The molecule has 5 aliphatic heterocycles. The molecule has 5 aliphatic rings. The highest BCUT2D eigenvalue weighted by Gasteiger charge is 2.40. The molecule has 57 heavy (non-hydrogen) atoms. The predicted molar refractivity (Wildman–Crippen MR) is 222 cm³/mol. The van der Waals surface area contributed by atoms with Crippen molar-refractivity contribution >= 4 is 51.2 Å². The van der Waals surface area contributed by atoms with E-state index in [4.69, 9.17) is 4.74 Å². The van der Waals surface area contributed by atoms with Gasteiger partial charge in [-0.2, -0.15) is 15.0 Å². The number of ether oxygens (including phenoxy) is 1. The Balaban J connectivity index is 0.000000157. The van der Waals surface area contributed by atoms with Gasteiger partial charge >= 0.3 is 34.1 Å². The highest BCUT2D eigenvalue weighted by molar-refractivity contribution is 9.09. The summed E-state index contributed by atoms with van der Waals surface area (Å²) in [6.07, 6.45) is 6.45. The lowest BCUT2D eigenvalue weighted by Gasteiger charge is -2.39. The summed E-state index contributed by atoms with van der Waals surface area (Å²) in [4.78, 5) is 86.2. The van der Waals surface area contributed by atoms with E-state index < -0.39 is 17.1 Å². The van der Waals surface area contributed by atoms with Gasteiger partial charge in [0.05, 0.1) is 12.7 Å². The second-order valence-corrected chi connectivity index (χ2v) is 18.2. The molecule has 2 saturated heterocycles. The Morgan fingerprint density at radius 3 is 1.86 bits per heavy atom. The number of nitrogens with one attached hydrogen (secondary N) is 1. The Morgan fingerprint density at radius 1 is 0.737 bits per heavy atom. The predicted octanol–water partition coefficient (Wildman–Crippen LogP) is 1.75. The number of H-pyrrole nitrogens is 1. The largest absolute Gasteiger partial charge is 0.373 e. The smallest absolute Gasteiger partial charge is 0.354 e. The molecule has 3 aromatic heterocycles. The molecule has 0 saturated carbocycles. The first-order chi connectivity index (χ1) is 27.6. The molecule has 0 aliphatic carbocycles. The molecule has 21 heteroatoms. The van der Waals surface area contributed by atoms with E-state index in [1.807, 2.05) is 0 Å². The van der Waals surface area contributed by atoms with Gasteiger partial charge in [0.15, 0.2) is 15.5 Å².